The number of thiophene rings is 1. The zero-order valence-corrected chi connectivity index (χ0v) is 22.6. The molecule has 0 saturated heterocycles. The van der Waals surface area contributed by atoms with Gasteiger partial charge in [0.05, 0.1) is 5.75 Å². The van der Waals surface area contributed by atoms with Crippen LogP contribution in [0.1, 0.15) is 50.5 Å². The molecule has 0 aromatic carbocycles. The van der Waals surface area contributed by atoms with E-state index in [-0.39, 0.29) is 58.0 Å². The first-order chi connectivity index (χ1) is 17.0. The number of anilines is 1. The van der Waals surface area contributed by atoms with E-state index >= 15 is 0 Å². The van der Waals surface area contributed by atoms with Gasteiger partial charge in [0.15, 0.2) is 5.84 Å². The van der Waals surface area contributed by atoms with Crippen molar-refractivity contribution in [3.63, 3.8) is 0 Å². The molecule has 4 aliphatic carbocycles. The summed E-state index contributed by atoms with van der Waals surface area (Å²) >= 11 is 1.14. The Hall–Kier alpha value is -1.92. The second kappa shape index (κ2) is 8.56. The minimum atomic E-state index is -4.19. The van der Waals surface area contributed by atoms with E-state index in [0.717, 1.165) is 49.7 Å². The number of carbonyl (C=O) groups excluding carboxylic acids is 1. The number of carbonyl (C=O) groups is 1. The highest BCUT2D eigenvalue weighted by Crippen LogP contribution is 2.52. The predicted molar refractivity (Wildman–Crippen MR) is 137 cm³/mol. The molecule has 1 aromatic heterocycles. The van der Waals surface area contributed by atoms with E-state index in [1.165, 1.54) is 12.8 Å². The third kappa shape index (κ3) is 4.18. The zero-order valence-electron chi connectivity index (χ0n) is 20.1. The second-order valence-corrected chi connectivity index (χ2v) is 15.7. The average molecular weight is 554 g/mol. The fourth-order valence-corrected chi connectivity index (χ4v) is 9.89. The van der Waals surface area contributed by atoms with E-state index in [2.05, 4.69) is 9.71 Å². The minimum absolute atomic E-state index is 0.0270. The maximum atomic E-state index is 13.9. The number of rotatable bonds is 7. The Kier molecular flexibility index (Phi) is 5.80. The molecule has 2 aliphatic heterocycles. The van der Waals surface area contributed by atoms with Crippen molar-refractivity contribution in [1.29, 1.82) is 0 Å². The molecular formula is C24H31N3O6S3. The van der Waals surface area contributed by atoms with Crippen molar-refractivity contribution in [2.45, 2.75) is 62.3 Å². The van der Waals surface area contributed by atoms with Gasteiger partial charge in [0.2, 0.25) is 0 Å². The molecule has 1 amide bonds. The molecule has 1 aromatic rings. The maximum Gasteiger partial charge on any atom is 0.287 e. The van der Waals surface area contributed by atoms with Gasteiger partial charge >= 0.3 is 0 Å². The number of aryl methyl sites for hydroxylation is 1. The quantitative estimate of drug-likeness (QED) is 0.530. The lowest BCUT2D eigenvalue weighted by Crippen LogP contribution is -2.60. The summed E-state index contributed by atoms with van der Waals surface area (Å²) in [6, 6.07) is -0.0341. The summed E-state index contributed by atoms with van der Waals surface area (Å²) in [7, 11) is -7.46. The fraction of sp³-hybridized carbons (Fsp3) is 0.667. The molecule has 7 rings (SSSR count). The lowest BCUT2D eigenvalue weighted by atomic mass is 9.59. The Bertz CT molecular complexity index is 1380. The van der Waals surface area contributed by atoms with Gasteiger partial charge in [0.25, 0.3) is 15.9 Å². The van der Waals surface area contributed by atoms with Crippen LogP contribution in [0.15, 0.2) is 26.0 Å². The highest BCUT2D eigenvalue weighted by atomic mass is 32.2. The van der Waals surface area contributed by atoms with Gasteiger partial charge in [-0.25, -0.2) is 8.42 Å². The summed E-state index contributed by atoms with van der Waals surface area (Å²) in [5.41, 5.74) is 0.361. The van der Waals surface area contributed by atoms with Crippen molar-refractivity contribution < 1.29 is 26.7 Å². The Morgan fingerprint density at radius 1 is 1.17 bits per heavy atom. The summed E-state index contributed by atoms with van der Waals surface area (Å²) in [4.78, 5) is 15.7. The lowest BCUT2D eigenvalue weighted by molar-refractivity contribution is -0.139. The molecule has 2 N–H and O–H groups in total. The molecule has 12 heteroatoms. The van der Waals surface area contributed by atoms with Crippen LogP contribution in [0.25, 0.3) is 0 Å². The van der Waals surface area contributed by atoms with E-state index in [1.807, 2.05) is 4.90 Å². The van der Waals surface area contributed by atoms with Crippen LogP contribution in [0.3, 0.4) is 0 Å². The van der Waals surface area contributed by atoms with Crippen molar-refractivity contribution in [1.82, 2.24) is 4.90 Å². The largest absolute Gasteiger partial charge is 0.511 e. The number of hydrogen-bond acceptors (Lipinski definition) is 8. The predicted octanol–water partition coefficient (Wildman–Crippen LogP) is 3.11. The highest BCUT2D eigenvalue weighted by Gasteiger charge is 2.54. The molecule has 4 fully saturated rings. The van der Waals surface area contributed by atoms with E-state index in [0.29, 0.717) is 28.9 Å². The number of amidine groups is 1. The van der Waals surface area contributed by atoms with Crippen LogP contribution in [-0.4, -0.2) is 63.2 Å². The van der Waals surface area contributed by atoms with Crippen molar-refractivity contribution in [3.8, 4) is 0 Å². The van der Waals surface area contributed by atoms with Gasteiger partial charge < -0.3 is 15.3 Å². The summed E-state index contributed by atoms with van der Waals surface area (Å²) in [6.07, 6.45) is 8.60. The number of aliphatic hydroxyl groups excluding tert-OH is 1. The molecule has 196 valence electrons. The Morgan fingerprint density at radius 3 is 2.53 bits per heavy atom. The standard InChI is InChI=1S/C24H31N3O6S3/c1-35(30,31)11-9-16-12-34-23-21(16)36(32,33)26-22(25-23)18-20(28)17-14-4-6-15(7-5-14)19(17)27(24(18)29)10-8-13-2-3-13/h12-15,17,19,28H,2-11H2,1H3,(H,25,26). The third-order valence-corrected chi connectivity index (χ3v) is 12.0. The first-order valence-electron chi connectivity index (χ1n) is 12.7. The molecule has 3 heterocycles. The van der Waals surface area contributed by atoms with Gasteiger partial charge in [-0.2, -0.15) is 8.42 Å². The van der Waals surface area contributed by atoms with Gasteiger partial charge in [-0.3, -0.25) is 4.79 Å². The van der Waals surface area contributed by atoms with Crippen LogP contribution in [0, 0.1) is 23.7 Å². The van der Waals surface area contributed by atoms with Crippen LogP contribution in [-0.2, 0) is 31.1 Å². The van der Waals surface area contributed by atoms with Crippen LogP contribution in [0.2, 0.25) is 0 Å². The van der Waals surface area contributed by atoms with Crippen molar-refractivity contribution in [2.75, 3.05) is 23.9 Å². The summed E-state index contributed by atoms with van der Waals surface area (Å²) < 4.78 is 53.7. The number of nitrogens with zero attached hydrogens (tertiary/aromatic N) is 2. The summed E-state index contributed by atoms with van der Waals surface area (Å²) in [5, 5.41) is 16.4. The second-order valence-electron chi connectivity index (χ2n) is 11.0. The number of nitrogens with one attached hydrogen (secondary N) is 1. The van der Waals surface area contributed by atoms with Crippen LogP contribution < -0.4 is 5.32 Å². The molecule has 36 heavy (non-hydrogen) atoms. The highest BCUT2D eigenvalue weighted by molar-refractivity contribution is 7.91. The van der Waals surface area contributed by atoms with E-state index in [9.17, 15) is 26.7 Å². The zero-order chi connectivity index (χ0) is 25.4. The smallest absolute Gasteiger partial charge is 0.287 e. The van der Waals surface area contributed by atoms with Crippen molar-refractivity contribution >= 4 is 47.9 Å². The normalized spacial score (nSPS) is 31.1. The SMILES string of the molecule is CS(=O)(=O)CCc1csc2c1S(=O)(=O)N=C(C1=C(O)C3C4CCC(CC4)C3N(CCC3CC3)C1=O)N2. The lowest BCUT2D eigenvalue weighted by Gasteiger charge is -2.54. The number of sulfone groups is 1. The Morgan fingerprint density at radius 2 is 1.86 bits per heavy atom. The molecule has 9 nitrogen and oxygen atoms in total. The van der Waals surface area contributed by atoms with Gasteiger partial charge in [-0.05, 0) is 67.2 Å². The molecule has 2 bridgehead atoms. The van der Waals surface area contributed by atoms with Gasteiger partial charge in [0.1, 0.15) is 31.1 Å². The number of fused-ring (bicyclic) bond motifs is 3. The minimum Gasteiger partial charge on any atom is -0.511 e. The van der Waals surface area contributed by atoms with Crippen LogP contribution >= 0.6 is 11.3 Å². The molecular weight excluding hydrogens is 522 g/mol. The Balaban J connectivity index is 1.38. The molecule has 2 unspecified atom stereocenters. The van der Waals surface area contributed by atoms with Crippen LogP contribution in [0.5, 0.6) is 0 Å². The first kappa shape index (κ1) is 24.4. The number of aliphatic hydroxyl groups is 1. The number of amides is 1. The van der Waals surface area contributed by atoms with E-state index in [1.54, 1.807) is 5.38 Å². The Labute approximate surface area is 215 Å². The van der Waals surface area contributed by atoms with Crippen molar-refractivity contribution in [2.24, 2.45) is 28.1 Å². The summed E-state index contributed by atoms with van der Waals surface area (Å²) in [5.74, 6) is 0.412. The van der Waals surface area contributed by atoms with Crippen molar-refractivity contribution in [3.05, 3.63) is 22.3 Å². The molecule has 2 atom stereocenters. The molecule has 4 saturated carbocycles. The third-order valence-electron chi connectivity index (χ3n) is 8.55. The van der Waals surface area contributed by atoms with Gasteiger partial charge in [-0.15, -0.1) is 15.7 Å². The van der Waals surface area contributed by atoms with Crippen LogP contribution in [0.4, 0.5) is 5.00 Å². The summed E-state index contributed by atoms with van der Waals surface area (Å²) in [6.45, 7) is 0.616. The molecule has 0 spiro atoms. The number of sulfonamides is 1. The monoisotopic (exact) mass is 553 g/mol. The molecule has 6 aliphatic rings. The first-order valence-corrected chi connectivity index (χ1v) is 17.1. The molecule has 0 radical (unpaired) electrons. The van der Waals surface area contributed by atoms with Gasteiger partial charge in [0, 0.05) is 24.8 Å². The van der Waals surface area contributed by atoms with E-state index < -0.39 is 19.9 Å². The maximum absolute atomic E-state index is 13.9. The average Bonchev–Trinajstić information content (AvgIpc) is 3.54. The topological polar surface area (TPSA) is 133 Å². The van der Waals surface area contributed by atoms with Gasteiger partial charge in [-0.1, -0.05) is 12.8 Å². The van der Waals surface area contributed by atoms with E-state index in [4.69, 9.17) is 0 Å². The fourth-order valence-electron chi connectivity index (χ4n) is 6.63. The number of hydrogen-bond donors (Lipinski definition) is 2.